The van der Waals surface area contributed by atoms with Gasteiger partial charge in [-0.2, -0.15) is 8.42 Å². The van der Waals surface area contributed by atoms with Crippen LogP contribution in [0.4, 0.5) is 10.5 Å². The van der Waals surface area contributed by atoms with Gasteiger partial charge in [0.25, 0.3) is 11.8 Å². The molecule has 3 aromatic carbocycles. The highest BCUT2D eigenvalue weighted by molar-refractivity contribution is 7.87. The molecule has 0 aliphatic carbocycles. The first-order valence-corrected chi connectivity index (χ1v) is 12.7. The molecule has 0 unspecified atom stereocenters. The van der Waals surface area contributed by atoms with Gasteiger partial charge < -0.3 is 8.92 Å². The summed E-state index contributed by atoms with van der Waals surface area (Å²) in [7, 11) is -2.88. The van der Waals surface area contributed by atoms with Gasteiger partial charge >= 0.3 is 16.1 Å². The van der Waals surface area contributed by atoms with Crippen LogP contribution >= 0.6 is 11.6 Å². The topological polar surface area (TPSA) is 119 Å². The minimum Gasteiger partial charge on any atom is -0.493 e. The maximum atomic E-state index is 13.2. The summed E-state index contributed by atoms with van der Waals surface area (Å²) in [5, 5.41) is 2.54. The summed E-state index contributed by atoms with van der Waals surface area (Å²) in [6.45, 7) is 3.74. The van der Waals surface area contributed by atoms with Crippen LogP contribution in [0.2, 0.25) is 5.02 Å². The van der Waals surface area contributed by atoms with Gasteiger partial charge in [-0.3, -0.25) is 14.9 Å². The molecule has 0 spiro atoms. The number of aryl methyl sites for hydroxylation is 2. The fraction of sp³-hybridized carbons (Fsp3) is 0.115. The number of hydrogen-bond donors (Lipinski definition) is 1. The average molecular weight is 541 g/mol. The van der Waals surface area contributed by atoms with E-state index in [-0.39, 0.29) is 22.0 Å². The third-order valence-corrected chi connectivity index (χ3v) is 7.15. The van der Waals surface area contributed by atoms with Crippen molar-refractivity contribution in [3.05, 3.63) is 87.9 Å². The molecule has 190 valence electrons. The summed E-state index contributed by atoms with van der Waals surface area (Å²) in [6.07, 6.45) is 1.28. The molecule has 11 heteroatoms. The lowest BCUT2D eigenvalue weighted by Gasteiger charge is -2.26. The fourth-order valence-electron chi connectivity index (χ4n) is 3.53. The molecule has 4 amide bonds. The van der Waals surface area contributed by atoms with E-state index in [0.717, 1.165) is 16.0 Å². The van der Waals surface area contributed by atoms with Crippen molar-refractivity contribution in [3.63, 3.8) is 0 Å². The number of anilines is 1. The Morgan fingerprint density at radius 2 is 1.59 bits per heavy atom. The summed E-state index contributed by atoms with van der Waals surface area (Å²) < 4.78 is 35.8. The number of imide groups is 2. The number of methoxy groups -OCH3 is 1. The van der Waals surface area contributed by atoms with Crippen LogP contribution in [0, 0.1) is 13.8 Å². The number of ether oxygens (including phenoxy) is 1. The molecular weight excluding hydrogens is 520 g/mol. The maximum Gasteiger partial charge on any atom is 0.339 e. The maximum absolute atomic E-state index is 13.2. The Balaban J connectivity index is 1.65. The number of hydrogen-bond acceptors (Lipinski definition) is 7. The van der Waals surface area contributed by atoms with Crippen molar-refractivity contribution in [2.75, 3.05) is 12.0 Å². The van der Waals surface area contributed by atoms with Crippen molar-refractivity contribution in [2.24, 2.45) is 0 Å². The molecule has 1 N–H and O–H groups in total. The van der Waals surface area contributed by atoms with Crippen molar-refractivity contribution in [1.82, 2.24) is 5.32 Å². The summed E-state index contributed by atoms with van der Waals surface area (Å²) >= 11 is 5.82. The number of amides is 4. The van der Waals surface area contributed by atoms with Crippen LogP contribution in [0.3, 0.4) is 0 Å². The van der Waals surface area contributed by atoms with E-state index in [4.69, 9.17) is 20.5 Å². The Morgan fingerprint density at radius 3 is 2.24 bits per heavy atom. The van der Waals surface area contributed by atoms with Crippen molar-refractivity contribution in [1.29, 1.82) is 0 Å². The minimum absolute atomic E-state index is 0.0395. The number of carbonyl (C=O) groups is 3. The molecule has 0 saturated carbocycles. The zero-order valence-electron chi connectivity index (χ0n) is 19.9. The average Bonchev–Trinajstić information content (AvgIpc) is 2.84. The molecule has 1 heterocycles. The van der Waals surface area contributed by atoms with E-state index in [0.29, 0.717) is 16.3 Å². The van der Waals surface area contributed by atoms with E-state index in [2.05, 4.69) is 5.32 Å². The number of urea groups is 1. The van der Waals surface area contributed by atoms with Gasteiger partial charge in [-0.1, -0.05) is 23.7 Å². The Morgan fingerprint density at radius 1 is 0.892 bits per heavy atom. The van der Waals surface area contributed by atoms with Crippen molar-refractivity contribution in [3.8, 4) is 11.5 Å². The van der Waals surface area contributed by atoms with Gasteiger partial charge in [-0.25, -0.2) is 9.69 Å². The largest absolute Gasteiger partial charge is 0.493 e. The molecular formula is C26H21ClN2O7S. The number of rotatable bonds is 6. The quantitative estimate of drug-likeness (QED) is 0.279. The van der Waals surface area contributed by atoms with E-state index < -0.39 is 28.0 Å². The third-order valence-electron chi connectivity index (χ3n) is 5.65. The monoisotopic (exact) mass is 540 g/mol. The normalized spacial score (nSPS) is 15.1. The molecule has 0 aromatic heterocycles. The second-order valence-corrected chi connectivity index (χ2v) is 10.1. The van der Waals surface area contributed by atoms with Crippen molar-refractivity contribution in [2.45, 2.75) is 18.7 Å². The molecule has 3 aromatic rings. The first-order chi connectivity index (χ1) is 17.5. The predicted octanol–water partition coefficient (Wildman–Crippen LogP) is 4.40. The zero-order valence-corrected chi connectivity index (χ0v) is 21.5. The van der Waals surface area contributed by atoms with Gasteiger partial charge in [0.15, 0.2) is 11.5 Å². The van der Waals surface area contributed by atoms with E-state index in [1.54, 1.807) is 18.2 Å². The number of carbonyl (C=O) groups excluding carboxylic acids is 3. The highest BCUT2D eigenvalue weighted by Crippen LogP contribution is 2.32. The Bertz CT molecular complexity index is 1560. The molecule has 0 atom stereocenters. The lowest BCUT2D eigenvalue weighted by molar-refractivity contribution is -0.122. The van der Waals surface area contributed by atoms with Gasteiger partial charge in [0, 0.05) is 5.02 Å². The van der Waals surface area contributed by atoms with Gasteiger partial charge in [0.1, 0.15) is 10.5 Å². The van der Waals surface area contributed by atoms with Crippen LogP contribution in [0.25, 0.3) is 6.08 Å². The molecule has 4 rings (SSSR count). The van der Waals surface area contributed by atoms with Gasteiger partial charge in [-0.15, -0.1) is 0 Å². The van der Waals surface area contributed by atoms with Gasteiger partial charge in [-0.05, 0) is 85.1 Å². The lowest BCUT2D eigenvalue weighted by atomic mass is 10.0. The molecule has 0 bridgehead atoms. The second kappa shape index (κ2) is 10.1. The first kappa shape index (κ1) is 25.9. The van der Waals surface area contributed by atoms with Crippen molar-refractivity contribution < 1.29 is 31.7 Å². The Hall–Kier alpha value is -4.15. The van der Waals surface area contributed by atoms with E-state index in [9.17, 15) is 22.8 Å². The summed E-state index contributed by atoms with van der Waals surface area (Å²) in [4.78, 5) is 38.9. The highest BCUT2D eigenvalue weighted by Gasteiger charge is 2.37. The molecule has 0 radical (unpaired) electrons. The first-order valence-electron chi connectivity index (χ1n) is 10.9. The standard InChI is InChI=1S/C26H21ClN2O7S/c1-15-4-8-19(12-16(15)2)29-25(31)21(24(30)28-26(29)32)13-17-5-11-22(23(14-17)35-3)36-37(33,34)20-9-6-18(27)7-10-20/h4-14H,1-3H3,(H,28,30,32)/b21-13+. The van der Waals surface area contributed by atoms with Crippen LogP contribution in [0.15, 0.2) is 71.1 Å². The highest BCUT2D eigenvalue weighted by atomic mass is 35.5. The van der Waals surface area contributed by atoms with Gasteiger partial charge in [0.05, 0.1) is 12.8 Å². The number of nitrogens with one attached hydrogen (secondary N) is 1. The molecule has 1 fully saturated rings. The lowest BCUT2D eigenvalue weighted by Crippen LogP contribution is -2.54. The van der Waals surface area contributed by atoms with E-state index in [1.165, 1.54) is 55.7 Å². The molecule has 1 aliphatic rings. The summed E-state index contributed by atoms with van der Waals surface area (Å²) in [5.41, 5.74) is 2.21. The van der Waals surface area contributed by atoms with Crippen LogP contribution in [0.1, 0.15) is 16.7 Å². The van der Waals surface area contributed by atoms with Gasteiger partial charge in [0.2, 0.25) is 0 Å². The summed E-state index contributed by atoms with van der Waals surface area (Å²) in [5.74, 6) is -1.73. The third kappa shape index (κ3) is 5.35. The molecule has 37 heavy (non-hydrogen) atoms. The number of nitrogens with zero attached hydrogens (tertiary/aromatic N) is 1. The van der Waals surface area contributed by atoms with Crippen molar-refractivity contribution >= 4 is 51.3 Å². The van der Waals surface area contributed by atoms with E-state index >= 15 is 0 Å². The van der Waals surface area contributed by atoms with E-state index in [1.807, 2.05) is 13.8 Å². The molecule has 9 nitrogen and oxygen atoms in total. The Kier molecular flexibility index (Phi) is 7.06. The second-order valence-electron chi connectivity index (χ2n) is 8.13. The summed E-state index contributed by atoms with van der Waals surface area (Å²) in [6, 6.07) is 13.8. The number of barbiturate groups is 1. The minimum atomic E-state index is -4.19. The molecule has 1 saturated heterocycles. The zero-order chi connectivity index (χ0) is 26.9. The predicted molar refractivity (Wildman–Crippen MR) is 137 cm³/mol. The smallest absolute Gasteiger partial charge is 0.339 e. The SMILES string of the molecule is COc1cc(/C=C2\C(=O)NC(=O)N(c3ccc(C)c(C)c3)C2=O)ccc1OS(=O)(=O)c1ccc(Cl)cc1. The fourth-order valence-corrected chi connectivity index (χ4v) is 4.60. The molecule has 1 aliphatic heterocycles. The van der Waals surface area contributed by atoms with Crippen LogP contribution < -0.4 is 19.1 Å². The number of benzene rings is 3. The van der Waals surface area contributed by atoms with Crippen LogP contribution in [-0.2, 0) is 19.7 Å². The number of halogens is 1. The Labute approximate surface area is 218 Å². The van der Waals surface area contributed by atoms with Crippen LogP contribution in [0.5, 0.6) is 11.5 Å². The van der Waals surface area contributed by atoms with Crippen LogP contribution in [-0.4, -0.2) is 33.4 Å².